The highest BCUT2D eigenvalue weighted by Crippen LogP contribution is 2.30. The number of aryl methyl sites for hydroxylation is 2. The number of hydrogen-bond acceptors (Lipinski definition) is 6. The fourth-order valence-electron chi connectivity index (χ4n) is 2.74. The first-order valence-electron chi connectivity index (χ1n) is 8.43. The van der Waals surface area contributed by atoms with Crippen LogP contribution in [0, 0.1) is 19.7 Å². The molecule has 0 saturated heterocycles. The van der Waals surface area contributed by atoms with Gasteiger partial charge in [0.05, 0.1) is 5.69 Å². The minimum absolute atomic E-state index is 0.0368. The molecule has 8 heteroatoms. The molecule has 4 aromatic rings. The molecule has 0 atom stereocenters. The molecule has 3 aromatic heterocycles. The van der Waals surface area contributed by atoms with Crippen molar-refractivity contribution in [3.8, 4) is 22.6 Å². The van der Waals surface area contributed by atoms with Gasteiger partial charge in [-0.3, -0.25) is 15.1 Å². The number of oxazole rings is 1. The zero-order chi connectivity index (χ0) is 19.7. The van der Waals surface area contributed by atoms with Crippen molar-refractivity contribution in [2.75, 3.05) is 5.32 Å². The van der Waals surface area contributed by atoms with Gasteiger partial charge in [-0.15, -0.1) is 11.3 Å². The molecule has 0 spiro atoms. The summed E-state index contributed by atoms with van der Waals surface area (Å²) in [7, 11) is 0. The van der Waals surface area contributed by atoms with Crippen molar-refractivity contribution in [1.29, 1.82) is 0 Å². The molecule has 0 bridgehead atoms. The van der Waals surface area contributed by atoms with Crippen molar-refractivity contribution in [3.05, 3.63) is 71.0 Å². The average Bonchev–Trinajstić information content (AvgIpc) is 3.29. The second-order valence-corrected chi connectivity index (χ2v) is 7.28. The fraction of sp³-hybridized carbons (Fsp3) is 0.100. The molecule has 4 rings (SSSR count). The van der Waals surface area contributed by atoms with Crippen molar-refractivity contribution in [1.82, 2.24) is 15.0 Å². The van der Waals surface area contributed by atoms with Gasteiger partial charge in [-0.25, -0.2) is 14.4 Å². The van der Waals surface area contributed by atoms with E-state index in [1.807, 2.05) is 32.0 Å². The summed E-state index contributed by atoms with van der Waals surface area (Å²) < 4.78 is 18.4. The van der Waals surface area contributed by atoms with E-state index in [9.17, 15) is 9.18 Å². The van der Waals surface area contributed by atoms with Gasteiger partial charge in [-0.2, -0.15) is 0 Å². The number of rotatable bonds is 4. The molecule has 1 amide bonds. The second-order valence-electron chi connectivity index (χ2n) is 6.08. The van der Waals surface area contributed by atoms with Crippen molar-refractivity contribution in [2.45, 2.75) is 13.8 Å². The van der Waals surface area contributed by atoms with Gasteiger partial charge in [0.2, 0.25) is 5.76 Å². The number of carbonyl (C=O) groups excluding carboxylic acids is 1. The van der Waals surface area contributed by atoms with Crippen LogP contribution in [0.3, 0.4) is 0 Å². The summed E-state index contributed by atoms with van der Waals surface area (Å²) in [5.41, 5.74) is 3.29. The van der Waals surface area contributed by atoms with Crippen LogP contribution in [0.1, 0.15) is 21.1 Å². The lowest BCUT2D eigenvalue weighted by molar-refractivity contribution is 0.0997. The molecular weight excluding hydrogens is 379 g/mol. The molecule has 0 aliphatic heterocycles. The van der Waals surface area contributed by atoms with Gasteiger partial charge >= 0.3 is 0 Å². The number of benzene rings is 1. The average molecular weight is 394 g/mol. The fourth-order valence-corrected chi connectivity index (χ4v) is 3.55. The third-order valence-electron chi connectivity index (χ3n) is 4.04. The van der Waals surface area contributed by atoms with Crippen LogP contribution >= 0.6 is 11.3 Å². The van der Waals surface area contributed by atoms with Crippen molar-refractivity contribution in [3.63, 3.8) is 0 Å². The molecule has 0 saturated carbocycles. The molecule has 0 radical (unpaired) electrons. The summed E-state index contributed by atoms with van der Waals surface area (Å²) in [5.74, 6) is -0.808. The maximum atomic E-state index is 13.1. The van der Waals surface area contributed by atoms with Crippen LogP contribution in [-0.4, -0.2) is 20.9 Å². The molecule has 1 aromatic carbocycles. The third kappa shape index (κ3) is 3.54. The molecule has 0 aliphatic carbocycles. The Kier molecular flexibility index (Phi) is 4.70. The van der Waals surface area contributed by atoms with E-state index in [1.54, 1.807) is 12.1 Å². The topological polar surface area (TPSA) is 80.9 Å². The van der Waals surface area contributed by atoms with Crippen LogP contribution in [-0.2, 0) is 0 Å². The number of halogens is 1. The standard InChI is InChI=1S/C20H15FN4O2S/c1-11-4-3-5-15(23-11)16-12(2)28-20(24-16)25-19(26)18-17(22-10-27-18)13-6-8-14(21)9-7-13/h3-10H,1-2H3,(H,24,25,26). The Morgan fingerprint density at radius 2 is 1.86 bits per heavy atom. The van der Waals surface area contributed by atoms with Gasteiger partial charge in [0, 0.05) is 16.1 Å². The molecule has 28 heavy (non-hydrogen) atoms. The Balaban J connectivity index is 1.60. The highest BCUT2D eigenvalue weighted by molar-refractivity contribution is 7.16. The maximum absolute atomic E-state index is 13.1. The maximum Gasteiger partial charge on any atom is 0.295 e. The predicted octanol–water partition coefficient (Wildman–Crippen LogP) is 4.87. The zero-order valence-electron chi connectivity index (χ0n) is 15.1. The first-order valence-corrected chi connectivity index (χ1v) is 9.25. The van der Waals surface area contributed by atoms with Crippen LogP contribution in [0.2, 0.25) is 0 Å². The molecule has 3 heterocycles. The third-order valence-corrected chi connectivity index (χ3v) is 4.93. The number of amides is 1. The van der Waals surface area contributed by atoms with E-state index in [-0.39, 0.29) is 11.6 Å². The van der Waals surface area contributed by atoms with Crippen molar-refractivity contribution >= 4 is 22.4 Å². The number of thiazole rings is 1. The number of anilines is 1. The lowest BCUT2D eigenvalue weighted by Gasteiger charge is -2.02. The van der Waals surface area contributed by atoms with Crippen LogP contribution in [0.25, 0.3) is 22.6 Å². The van der Waals surface area contributed by atoms with Crippen LogP contribution in [0.4, 0.5) is 9.52 Å². The lowest BCUT2D eigenvalue weighted by atomic mass is 10.1. The van der Waals surface area contributed by atoms with E-state index in [1.165, 1.54) is 29.9 Å². The largest absolute Gasteiger partial charge is 0.438 e. The molecule has 0 aliphatic rings. The molecule has 6 nitrogen and oxygen atoms in total. The highest BCUT2D eigenvalue weighted by Gasteiger charge is 2.21. The smallest absolute Gasteiger partial charge is 0.295 e. The number of nitrogens with zero attached hydrogens (tertiary/aromatic N) is 3. The van der Waals surface area contributed by atoms with E-state index in [4.69, 9.17) is 4.42 Å². The van der Waals surface area contributed by atoms with E-state index in [2.05, 4.69) is 20.3 Å². The molecule has 140 valence electrons. The van der Waals surface area contributed by atoms with E-state index in [0.717, 1.165) is 22.0 Å². The minimum Gasteiger partial charge on any atom is -0.438 e. The molecular formula is C20H15FN4O2S. The highest BCUT2D eigenvalue weighted by atomic mass is 32.1. The summed E-state index contributed by atoms with van der Waals surface area (Å²) in [6.45, 7) is 3.83. The molecule has 1 N–H and O–H groups in total. The Morgan fingerprint density at radius 1 is 1.07 bits per heavy atom. The molecule has 0 fully saturated rings. The summed E-state index contributed by atoms with van der Waals surface area (Å²) in [6.07, 6.45) is 1.18. The Morgan fingerprint density at radius 3 is 2.61 bits per heavy atom. The SMILES string of the molecule is Cc1cccc(-c2nc(NC(=O)c3ocnc3-c3ccc(F)cc3)sc2C)n1. The zero-order valence-corrected chi connectivity index (χ0v) is 15.9. The van der Waals surface area contributed by atoms with E-state index >= 15 is 0 Å². The predicted molar refractivity (Wildman–Crippen MR) is 105 cm³/mol. The Labute approximate surface area is 164 Å². The first-order chi connectivity index (χ1) is 13.5. The second kappa shape index (κ2) is 7.32. The first kappa shape index (κ1) is 18.0. The normalized spacial score (nSPS) is 10.8. The summed E-state index contributed by atoms with van der Waals surface area (Å²) in [5, 5.41) is 3.18. The van der Waals surface area contributed by atoms with Crippen molar-refractivity contribution < 1.29 is 13.6 Å². The van der Waals surface area contributed by atoms with Gasteiger partial charge in [0.15, 0.2) is 11.5 Å². The summed E-state index contributed by atoms with van der Waals surface area (Å²) in [4.78, 5) is 26.7. The van der Waals surface area contributed by atoms with Gasteiger partial charge in [-0.05, 0) is 50.2 Å². The quantitative estimate of drug-likeness (QED) is 0.534. The minimum atomic E-state index is -0.477. The van der Waals surface area contributed by atoms with Crippen LogP contribution in [0.5, 0.6) is 0 Å². The Hall–Kier alpha value is -3.39. The van der Waals surface area contributed by atoms with E-state index < -0.39 is 5.91 Å². The lowest BCUT2D eigenvalue weighted by Crippen LogP contribution is -2.12. The van der Waals surface area contributed by atoms with Crippen LogP contribution < -0.4 is 5.32 Å². The summed E-state index contributed by atoms with van der Waals surface area (Å²) >= 11 is 1.35. The summed E-state index contributed by atoms with van der Waals surface area (Å²) in [6, 6.07) is 11.4. The van der Waals surface area contributed by atoms with Gasteiger partial charge in [0.1, 0.15) is 17.2 Å². The number of nitrogens with one attached hydrogen (secondary N) is 1. The van der Waals surface area contributed by atoms with Crippen LogP contribution in [0.15, 0.2) is 53.3 Å². The van der Waals surface area contributed by atoms with Gasteiger partial charge in [-0.1, -0.05) is 6.07 Å². The van der Waals surface area contributed by atoms with Crippen molar-refractivity contribution in [2.24, 2.45) is 0 Å². The molecule has 0 unspecified atom stereocenters. The van der Waals surface area contributed by atoms with Gasteiger partial charge < -0.3 is 4.42 Å². The van der Waals surface area contributed by atoms with E-state index in [0.29, 0.717) is 16.4 Å². The number of pyridine rings is 1. The monoisotopic (exact) mass is 394 g/mol. The number of carbonyl (C=O) groups is 1. The number of aromatic nitrogens is 3. The van der Waals surface area contributed by atoms with Gasteiger partial charge in [0.25, 0.3) is 5.91 Å². The number of hydrogen-bond donors (Lipinski definition) is 1. The Bertz CT molecular complexity index is 1150.